The molecule has 0 heterocycles. The van der Waals surface area contributed by atoms with E-state index in [-0.39, 0.29) is 11.3 Å². The van der Waals surface area contributed by atoms with Crippen LogP contribution in [0.15, 0.2) is 53.5 Å². The molecule has 25 heavy (non-hydrogen) atoms. The van der Waals surface area contributed by atoms with Crippen LogP contribution in [-0.2, 0) is 15.8 Å². The fourth-order valence-corrected chi connectivity index (χ4v) is 3.64. The fourth-order valence-electron chi connectivity index (χ4n) is 2.07. The van der Waals surface area contributed by atoms with Gasteiger partial charge in [-0.1, -0.05) is 41.9 Å². The monoisotopic (exact) mass is 397 g/mol. The highest BCUT2D eigenvalue weighted by molar-refractivity contribution is 7.98. The van der Waals surface area contributed by atoms with Gasteiger partial charge in [-0.25, -0.2) is 8.42 Å². The summed E-state index contributed by atoms with van der Waals surface area (Å²) in [6.07, 6.45) is 1.04. The van der Waals surface area contributed by atoms with E-state index in [1.54, 1.807) is 30.0 Å². The predicted octanol–water partition coefficient (Wildman–Crippen LogP) is 2.75. The van der Waals surface area contributed by atoms with E-state index in [4.69, 9.17) is 11.6 Å². The first-order chi connectivity index (χ1) is 11.8. The van der Waals surface area contributed by atoms with Crippen LogP contribution in [0.3, 0.4) is 0 Å². The maximum absolute atomic E-state index is 12.2. The number of halogens is 1. The minimum Gasteiger partial charge on any atom is -0.858 e. The summed E-state index contributed by atoms with van der Waals surface area (Å²) in [5, 5.41) is 12.9. The minimum absolute atomic E-state index is 0.241. The first-order valence-electron chi connectivity index (χ1n) is 7.46. The van der Waals surface area contributed by atoms with Crippen LogP contribution in [0.5, 0.6) is 0 Å². The molecule has 1 N–H and O–H groups in total. The number of nitrogens with zero attached hydrogens (tertiary/aromatic N) is 1. The maximum atomic E-state index is 12.2. The SMILES string of the molecule is CS(=O)(=O)Nc1ccccc1C([O-])=NCCSCc1cccc(Cl)c1. The second-order valence-electron chi connectivity index (χ2n) is 5.29. The summed E-state index contributed by atoms with van der Waals surface area (Å²) in [6, 6.07) is 14.0. The lowest BCUT2D eigenvalue weighted by Gasteiger charge is -2.16. The van der Waals surface area contributed by atoms with E-state index < -0.39 is 15.9 Å². The molecule has 0 saturated carbocycles. The van der Waals surface area contributed by atoms with Gasteiger partial charge >= 0.3 is 0 Å². The molecular weight excluding hydrogens is 380 g/mol. The van der Waals surface area contributed by atoms with Crippen LogP contribution in [0.25, 0.3) is 0 Å². The quantitative estimate of drug-likeness (QED) is 0.422. The normalized spacial score (nSPS) is 12.2. The van der Waals surface area contributed by atoms with Crippen LogP contribution >= 0.6 is 23.4 Å². The van der Waals surface area contributed by atoms with Gasteiger partial charge in [0, 0.05) is 28.6 Å². The number of hydrogen-bond donors (Lipinski definition) is 1. The molecule has 0 amide bonds. The molecule has 5 nitrogen and oxygen atoms in total. The molecule has 8 heteroatoms. The lowest BCUT2D eigenvalue weighted by Crippen LogP contribution is -2.22. The fraction of sp³-hybridized carbons (Fsp3) is 0.235. The molecular formula is C17H18ClN2O3S2-. The van der Waals surface area contributed by atoms with Crippen molar-refractivity contribution in [1.29, 1.82) is 0 Å². The van der Waals surface area contributed by atoms with Gasteiger partial charge in [0.1, 0.15) is 0 Å². The zero-order valence-corrected chi connectivity index (χ0v) is 16.0. The lowest BCUT2D eigenvalue weighted by atomic mass is 10.2. The lowest BCUT2D eigenvalue weighted by molar-refractivity contribution is -0.213. The Kier molecular flexibility index (Phi) is 7.16. The van der Waals surface area contributed by atoms with Crippen LogP contribution in [0.4, 0.5) is 5.69 Å². The van der Waals surface area contributed by atoms with Gasteiger partial charge in [0.15, 0.2) is 0 Å². The predicted molar refractivity (Wildman–Crippen MR) is 104 cm³/mol. The minimum atomic E-state index is -3.46. The van der Waals surface area contributed by atoms with E-state index in [1.165, 1.54) is 6.07 Å². The summed E-state index contributed by atoms with van der Waals surface area (Å²) >= 11 is 7.58. The van der Waals surface area contributed by atoms with Crippen LogP contribution in [-0.4, -0.2) is 32.9 Å². The van der Waals surface area contributed by atoms with Gasteiger partial charge in [0.05, 0.1) is 11.9 Å². The topological polar surface area (TPSA) is 81.6 Å². The van der Waals surface area contributed by atoms with E-state index in [0.29, 0.717) is 17.3 Å². The van der Waals surface area contributed by atoms with Gasteiger partial charge in [-0.15, -0.1) is 0 Å². The summed E-state index contributed by atoms with van der Waals surface area (Å²) < 4.78 is 25.1. The standard InChI is InChI=1S/C17H19ClN2O3S2/c1-25(22,23)20-16-8-3-2-7-15(16)17(21)19-9-10-24-12-13-5-4-6-14(18)11-13/h2-8,11,20H,9-10,12H2,1H3,(H,19,21)/p-1. The Balaban J connectivity index is 1.91. The molecule has 2 rings (SSSR count). The molecule has 134 valence electrons. The Morgan fingerprint density at radius 2 is 2.00 bits per heavy atom. The van der Waals surface area contributed by atoms with Crippen LogP contribution in [0.1, 0.15) is 11.1 Å². The highest BCUT2D eigenvalue weighted by Crippen LogP contribution is 2.17. The van der Waals surface area contributed by atoms with Crippen molar-refractivity contribution in [1.82, 2.24) is 0 Å². The maximum Gasteiger partial charge on any atom is 0.229 e. The van der Waals surface area contributed by atoms with Crippen LogP contribution < -0.4 is 9.83 Å². The van der Waals surface area contributed by atoms with E-state index in [9.17, 15) is 13.5 Å². The number of anilines is 1. The van der Waals surface area contributed by atoms with Gasteiger partial charge in [-0.3, -0.25) is 9.71 Å². The smallest absolute Gasteiger partial charge is 0.229 e. The molecule has 0 bridgehead atoms. The molecule has 0 radical (unpaired) electrons. The molecule has 0 aliphatic heterocycles. The van der Waals surface area contributed by atoms with Gasteiger partial charge < -0.3 is 5.11 Å². The Labute approximate surface area is 157 Å². The number of sulfonamides is 1. The molecule has 0 aliphatic carbocycles. The first-order valence-corrected chi connectivity index (χ1v) is 10.9. The molecule has 0 fully saturated rings. The highest BCUT2D eigenvalue weighted by atomic mass is 35.5. The van der Waals surface area contributed by atoms with Crippen molar-refractivity contribution in [3.63, 3.8) is 0 Å². The summed E-state index contributed by atoms with van der Waals surface area (Å²) in [4.78, 5) is 4.01. The molecule has 2 aromatic carbocycles. The third-order valence-corrected chi connectivity index (χ3v) is 4.94. The average molecular weight is 398 g/mol. The molecule has 2 aromatic rings. The summed E-state index contributed by atoms with van der Waals surface area (Å²) in [5.74, 6) is 1.03. The summed E-state index contributed by atoms with van der Waals surface area (Å²) in [7, 11) is -3.46. The van der Waals surface area contributed by atoms with Crippen molar-refractivity contribution in [2.45, 2.75) is 5.75 Å². The number of hydrogen-bond acceptors (Lipinski definition) is 5. The number of para-hydroxylation sites is 1. The summed E-state index contributed by atoms with van der Waals surface area (Å²) in [5.41, 5.74) is 1.60. The van der Waals surface area contributed by atoms with Crippen LogP contribution in [0, 0.1) is 0 Å². The zero-order chi connectivity index (χ0) is 18.3. The average Bonchev–Trinajstić information content (AvgIpc) is 2.53. The van der Waals surface area contributed by atoms with Crippen molar-refractivity contribution >= 4 is 45.0 Å². The van der Waals surface area contributed by atoms with Gasteiger partial charge in [-0.2, -0.15) is 11.8 Å². The Morgan fingerprint density at radius 3 is 2.72 bits per heavy atom. The Hall–Kier alpha value is -1.70. The molecule has 0 atom stereocenters. The number of aliphatic imine (C=N–C) groups is 1. The second kappa shape index (κ2) is 9.12. The summed E-state index contributed by atoms with van der Waals surface area (Å²) in [6.45, 7) is 0.358. The Morgan fingerprint density at radius 1 is 1.24 bits per heavy atom. The van der Waals surface area contributed by atoms with Crippen molar-refractivity contribution in [3.8, 4) is 0 Å². The number of thioether (sulfide) groups is 1. The van der Waals surface area contributed by atoms with Gasteiger partial charge in [0.2, 0.25) is 10.0 Å². The number of nitrogens with one attached hydrogen (secondary N) is 1. The largest absolute Gasteiger partial charge is 0.858 e. The van der Waals surface area contributed by atoms with Crippen molar-refractivity contribution < 1.29 is 13.5 Å². The van der Waals surface area contributed by atoms with Crippen molar-refractivity contribution in [2.75, 3.05) is 23.3 Å². The van der Waals surface area contributed by atoms with E-state index >= 15 is 0 Å². The Bertz CT molecular complexity index is 854. The second-order valence-corrected chi connectivity index (χ2v) is 8.58. The number of rotatable bonds is 8. The van der Waals surface area contributed by atoms with Crippen LogP contribution in [0.2, 0.25) is 5.02 Å². The molecule has 0 aliphatic rings. The third-order valence-electron chi connectivity index (χ3n) is 3.10. The van der Waals surface area contributed by atoms with E-state index in [2.05, 4.69) is 9.71 Å². The van der Waals surface area contributed by atoms with Crippen molar-refractivity contribution in [3.05, 3.63) is 64.7 Å². The van der Waals surface area contributed by atoms with E-state index in [1.807, 2.05) is 24.3 Å². The molecule has 0 spiro atoms. The highest BCUT2D eigenvalue weighted by Gasteiger charge is 2.06. The number of benzene rings is 2. The zero-order valence-electron chi connectivity index (χ0n) is 13.6. The van der Waals surface area contributed by atoms with E-state index in [0.717, 1.165) is 17.6 Å². The van der Waals surface area contributed by atoms with Gasteiger partial charge in [0.25, 0.3) is 0 Å². The first kappa shape index (κ1) is 19.6. The third kappa shape index (κ3) is 6.97. The molecule has 0 aromatic heterocycles. The molecule has 0 saturated heterocycles. The van der Waals surface area contributed by atoms with Crippen molar-refractivity contribution in [2.24, 2.45) is 4.99 Å². The molecule has 0 unspecified atom stereocenters. The van der Waals surface area contributed by atoms with Gasteiger partial charge in [-0.05, 0) is 29.7 Å².